The van der Waals surface area contributed by atoms with E-state index in [2.05, 4.69) is 14.6 Å². The van der Waals surface area contributed by atoms with E-state index < -0.39 is 63.3 Å². The molecule has 3 aromatic rings. The quantitative estimate of drug-likeness (QED) is 0.111. The molecule has 3 N–H and O–H groups in total. The van der Waals surface area contributed by atoms with Crippen molar-refractivity contribution in [1.29, 1.82) is 0 Å². The summed E-state index contributed by atoms with van der Waals surface area (Å²) >= 11 is 5.78. The van der Waals surface area contributed by atoms with Crippen LogP contribution in [0, 0.1) is 5.82 Å². The van der Waals surface area contributed by atoms with Crippen LogP contribution in [0.25, 0.3) is 10.9 Å². The smallest absolute Gasteiger partial charge is 0.481 e. The number of rotatable bonds is 12. The molecule has 1 saturated heterocycles. The highest BCUT2D eigenvalue weighted by atomic mass is 35.5. The molecule has 0 aliphatic carbocycles. The lowest BCUT2D eigenvalue weighted by molar-refractivity contribution is -0.139. The second-order valence-electron chi connectivity index (χ2n) is 9.80. The van der Waals surface area contributed by atoms with Gasteiger partial charge in [-0.3, -0.25) is 23.5 Å². The number of amides is 2. The summed E-state index contributed by atoms with van der Waals surface area (Å²) in [5.74, 6) is -2.30. The van der Waals surface area contributed by atoms with Gasteiger partial charge in [-0.15, -0.1) is 0 Å². The number of ketones is 1. The molecule has 236 valence electrons. The summed E-state index contributed by atoms with van der Waals surface area (Å²) in [6, 6.07) is 7.43. The lowest BCUT2D eigenvalue weighted by Gasteiger charge is -2.24. The Labute approximate surface area is 253 Å². The summed E-state index contributed by atoms with van der Waals surface area (Å²) in [5.41, 5.74) is 0.686. The fourth-order valence-corrected chi connectivity index (χ4v) is 5.45. The molecule has 2 aromatic carbocycles. The number of carboxylic acid groups (broad SMARTS) is 1. The number of hydrogen-bond donors (Lipinski definition) is 3. The summed E-state index contributed by atoms with van der Waals surface area (Å²) in [7, 11) is -4.42. The second kappa shape index (κ2) is 13.7. The van der Waals surface area contributed by atoms with Gasteiger partial charge in [-0.2, -0.15) is 0 Å². The zero-order chi connectivity index (χ0) is 32.2. The van der Waals surface area contributed by atoms with Crippen molar-refractivity contribution in [3.8, 4) is 5.75 Å². The molecule has 2 amide bonds. The van der Waals surface area contributed by atoms with Gasteiger partial charge in [0.1, 0.15) is 30.3 Å². The Morgan fingerprint density at radius 3 is 2.66 bits per heavy atom. The number of Topliss-reactive ketones (excluding diaryl/α,β-unsaturated/α-hetero) is 1. The van der Waals surface area contributed by atoms with Gasteiger partial charge < -0.3 is 34.3 Å². The van der Waals surface area contributed by atoms with Crippen LogP contribution in [-0.2, 0) is 36.5 Å². The number of carbonyl (C=O) groups is 4. The number of aromatic nitrogens is 1. The van der Waals surface area contributed by atoms with E-state index in [-0.39, 0.29) is 47.2 Å². The van der Waals surface area contributed by atoms with Crippen molar-refractivity contribution in [1.82, 2.24) is 14.8 Å². The maximum atomic E-state index is 14.5. The van der Waals surface area contributed by atoms with Crippen LogP contribution in [0.15, 0.2) is 42.6 Å². The molecule has 1 unspecified atom stereocenters. The Kier molecular flexibility index (Phi) is 10.3. The van der Waals surface area contributed by atoms with Crippen molar-refractivity contribution >= 4 is 53.9 Å². The van der Waals surface area contributed by atoms with Crippen LogP contribution < -0.4 is 10.1 Å². The van der Waals surface area contributed by atoms with E-state index in [1.165, 1.54) is 54.1 Å². The van der Waals surface area contributed by atoms with Crippen LogP contribution in [0.3, 0.4) is 0 Å². The fraction of sp³-hybridized carbons (Fsp3) is 0.333. The lowest BCUT2D eigenvalue weighted by Crippen LogP contribution is -2.46. The van der Waals surface area contributed by atoms with Crippen molar-refractivity contribution in [3.63, 3.8) is 0 Å². The highest BCUT2D eigenvalue weighted by molar-refractivity contribution is 7.52. The summed E-state index contributed by atoms with van der Waals surface area (Å²) in [4.78, 5) is 59.9. The molecule has 2 heterocycles. The first-order valence-corrected chi connectivity index (χ1v) is 15.1. The number of fused-ring (bicyclic) bond motifs is 1. The van der Waals surface area contributed by atoms with E-state index in [9.17, 15) is 37.4 Å². The third kappa shape index (κ3) is 7.91. The van der Waals surface area contributed by atoms with Crippen molar-refractivity contribution < 1.29 is 56.5 Å². The van der Waals surface area contributed by atoms with Crippen molar-refractivity contribution in [2.75, 3.05) is 19.7 Å². The van der Waals surface area contributed by atoms with Crippen molar-refractivity contribution in [2.24, 2.45) is 0 Å². The van der Waals surface area contributed by atoms with Crippen LogP contribution in [0.5, 0.6) is 5.75 Å². The average Bonchev–Trinajstić information content (AvgIpc) is 3.53. The number of halogens is 3. The minimum Gasteiger partial charge on any atom is -0.481 e. The number of ether oxygens (including phenoxy) is 2. The molecule has 1 fully saturated rings. The van der Waals surface area contributed by atoms with Crippen molar-refractivity contribution in [2.45, 2.75) is 38.6 Å². The average molecular weight is 658 g/mol. The number of likely N-dealkylation sites (tertiary alicyclic amines) is 1. The van der Waals surface area contributed by atoms with Gasteiger partial charge >= 0.3 is 13.8 Å². The fourth-order valence-electron chi connectivity index (χ4n) is 4.66. The standard InChI is InChI=1S/C27H27ClF2N3O10P/c1-15(34)20-11-32(22-8-18(5-6-19(20)22)42-14-44(39,40)43-13-41-27(37)38)12-24(35)33-10-17(29)7-23(33)26(36)31-9-16-3-2-4-21(28)25(16)30/h2-6,8,11,17,23H,7,9-10,12-14H2,1H3,(H,31,36)(H,37,38)(H,39,40)/t17-,23+/m1/s1. The summed E-state index contributed by atoms with van der Waals surface area (Å²) < 4.78 is 56.1. The third-order valence-electron chi connectivity index (χ3n) is 6.73. The zero-order valence-corrected chi connectivity index (χ0v) is 24.7. The molecule has 3 atom stereocenters. The number of benzene rings is 2. The molecule has 0 bridgehead atoms. The minimum absolute atomic E-state index is 0.0481. The van der Waals surface area contributed by atoms with Crippen LogP contribution in [0.4, 0.5) is 13.6 Å². The highest BCUT2D eigenvalue weighted by Crippen LogP contribution is 2.42. The number of nitrogens with zero attached hydrogens (tertiary/aromatic N) is 2. The highest BCUT2D eigenvalue weighted by Gasteiger charge is 2.40. The van der Waals surface area contributed by atoms with Crippen molar-refractivity contribution in [3.05, 3.63) is 64.6 Å². The molecule has 0 saturated carbocycles. The number of hydrogen-bond acceptors (Lipinski definition) is 8. The van der Waals surface area contributed by atoms with Gasteiger partial charge in [0, 0.05) is 41.7 Å². The Morgan fingerprint density at radius 1 is 1.20 bits per heavy atom. The van der Waals surface area contributed by atoms with Gasteiger partial charge in [0.2, 0.25) is 18.6 Å². The zero-order valence-electron chi connectivity index (χ0n) is 23.1. The second-order valence-corrected chi connectivity index (χ2v) is 12.0. The molecule has 1 aliphatic heterocycles. The van der Waals surface area contributed by atoms with Crippen LogP contribution in [0.2, 0.25) is 5.02 Å². The molecule has 17 heteroatoms. The van der Waals surface area contributed by atoms with Crippen LogP contribution in [-0.4, -0.2) is 75.1 Å². The largest absolute Gasteiger partial charge is 0.507 e. The van der Waals surface area contributed by atoms with Crippen LogP contribution in [0.1, 0.15) is 29.3 Å². The first-order valence-electron chi connectivity index (χ1n) is 13.0. The Balaban J connectivity index is 1.50. The number of nitrogens with one attached hydrogen (secondary N) is 1. The van der Waals surface area contributed by atoms with Gasteiger partial charge in [-0.05, 0) is 25.1 Å². The molecular weight excluding hydrogens is 631 g/mol. The first kappa shape index (κ1) is 32.9. The van der Waals surface area contributed by atoms with Gasteiger partial charge in [0.15, 0.2) is 12.1 Å². The topological polar surface area (TPSA) is 174 Å². The number of carbonyl (C=O) groups excluding carboxylic acids is 3. The Morgan fingerprint density at radius 2 is 1.95 bits per heavy atom. The Bertz CT molecular complexity index is 1650. The molecule has 44 heavy (non-hydrogen) atoms. The van der Waals surface area contributed by atoms with Gasteiger partial charge in [-0.1, -0.05) is 23.7 Å². The molecule has 13 nitrogen and oxygen atoms in total. The molecule has 0 spiro atoms. The lowest BCUT2D eigenvalue weighted by atomic mass is 10.1. The van der Waals surface area contributed by atoms with Gasteiger partial charge in [0.05, 0.1) is 17.1 Å². The third-order valence-corrected chi connectivity index (χ3v) is 7.98. The molecule has 1 aromatic heterocycles. The maximum Gasteiger partial charge on any atom is 0.507 e. The normalized spacial score (nSPS) is 17.7. The monoisotopic (exact) mass is 657 g/mol. The predicted octanol–water partition coefficient (Wildman–Crippen LogP) is 4.08. The number of alkyl halides is 1. The van der Waals surface area contributed by atoms with E-state index in [4.69, 9.17) is 21.4 Å². The SMILES string of the molecule is CC(=O)c1cn(CC(=O)N2C[C@H](F)C[C@H]2C(=O)NCc2cccc(Cl)c2F)c2cc(OCP(=O)(O)OCOC(=O)O)ccc12. The van der Waals surface area contributed by atoms with Gasteiger partial charge in [-0.25, -0.2) is 13.6 Å². The minimum atomic E-state index is -4.42. The van der Waals surface area contributed by atoms with Gasteiger partial charge in [0.25, 0.3) is 0 Å². The Hall–Kier alpha value is -4.04. The van der Waals surface area contributed by atoms with E-state index in [1.54, 1.807) is 0 Å². The maximum absolute atomic E-state index is 14.5. The molecule has 4 rings (SSSR count). The predicted molar refractivity (Wildman–Crippen MR) is 151 cm³/mol. The van der Waals surface area contributed by atoms with E-state index in [0.29, 0.717) is 10.9 Å². The summed E-state index contributed by atoms with van der Waals surface area (Å²) in [6.07, 6.45) is -2.91. The first-order chi connectivity index (χ1) is 20.8. The van der Waals surface area contributed by atoms with E-state index in [0.717, 1.165) is 4.90 Å². The summed E-state index contributed by atoms with van der Waals surface area (Å²) in [5, 5.41) is 11.3. The van der Waals surface area contributed by atoms with E-state index >= 15 is 0 Å². The molecule has 1 aliphatic rings. The van der Waals surface area contributed by atoms with E-state index in [1.807, 2.05) is 0 Å². The van der Waals surface area contributed by atoms with Crippen LogP contribution >= 0.6 is 19.2 Å². The summed E-state index contributed by atoms with van der Waals surface area (Å²) in [6.45, 7) is -0.661. The molecule has 0 radical (unpaired) electrons. The molecular formula is C27H27ClF2N3O10P.